The van der Waals surface area contributed by atoms with Gasteiger partial charge in [-0.15, -0.1) is 0 Å². The fourth-order valence-corrected chi connectivity index (χ4v) is 2.91. The zero-order valence-corrected chi connectivity index (χ0v) is 16.6. The Morgan fingerprint density at radius 2 is 1.53 bits per heavy atom. The van der Waals surface area contributed by atoms with Crippen LogP contribution in [0.25, 0.3) is 16.3 Å². The van der Waals surface area contributed by atoms with E-state index in [1.54, 1.807) is 0 Å². The van der Waals surface area contributed by atoms with Crippen molar-refractivity contribution in [1.29, 1.82) is 0 Å². The quantitative estimate of drug-likeness (QED) is 0.286. The average Bonchev–Trinajstić information content (AvgIpc) is 3.19. The van der Waals surface area contributed by atoms with Crippen molar-refractivity contribution in [3.63, 3.8) is 0 Å². The third-order valence-electron chi connectivity index (χ3n) is 4.40. The van der Waals surface area contributed by atoms with Crippen LogP contribution in [0.4, 0.5) is 50.9 Å². The Morgan fingerprint density at radius 3 is 2.06 bits per heavy atom. The van der Waals surface area contributed by atoms with Gasteiger partial charge in [-0.05, 0) is 36.4 Å². The minimum atomic E-state index is -4.98. The standard InChI is InChI=1S/C20H11F9N4O/c1-30-15-7-6-13(8-14(15)20(27,28)29)33(10-18(21,22)23)9-16-31-17(34-32-16)11-2-4-12(5-3-11)19(24,25)26/h2-8H,9-10H2. The molecule has 0 unspecified atom stereocenters. The molecule has 1 aromatic heterocycles. The van der Waals surface area contributed by atoms with Crippen LogP contribution in [0, 0.1) is 6.57 Å². The second-order valence-corrected chi connectivity index (χ2v) is 6.87. The fraction of sp³-hybridized carbons (Fsp3) is 0.250. The lowest BCUT2D eigenvalue weighted by Gasteiger charge is -2.25. The molecule has 3 rings (SSSR count). The summed E-state index contributed by atoms with van der Waals surface area (Å²) in [6, 6.07) is 5.61. The lowest BCUT2D eigenvalue weighted by atomic mass is 10.1. The smallest absolute Gasteiger partial charge is 0.355 e. The van der Waals surface area contributed by atoms with Gasteiger partial charge in [0, 0.05) is 11.3 Å². The zero-order valence-electron chi connectivity index (χ0n) is 16.6. The lowest BCUT2D eigenvalue weighted by Crippen LogP contribution is -2.34. The minimum absolute atomic E-state index is 0.0508. The van der Waals surface area contributed by atoms with Gasteiger partial charge in [-0.2, -0.15) is 44.5 Å². The Hall–Kier alpha value is -3.76. The van der Waals surface area contributed by atoms with Crippen molar-refractivity contribution in [3.8, 4) is 11.5 Å². The molecule has 0 aliphatic rings. The summed E-state index contributed by atoms with van der Waals surface area (Å²) in [5.41, 5.74) is -3.60. The summed E-state index contributed by atoms with van der Waals surface area (Å²) >= 11 is 0. The van der Waals surface area contributed by atoms with E-state index in [4.69, 9.17) is 11.1 Å². The summed E-state index contributed by atoms with van der Waals surface area (Å²) in [5.74, 6) is -0.656. The lowest BCUT2D eigenvalue weighted by molar-refractivity contribution is -0.138. The van der Waals surface area contributed by atoms with Crippen LogP contribution >= 0.6 is 0 Å². The third kappa shape index (κ3) is 5.97. The van der Waals surface area contributed by atoms with Gasteiger partial charge in [0.15, 0.2) is 11.5 Å². The Morgan fingerprint density at radius 1 is 0.882 bits per heavy atom. The van der Waals surface area contributed by atoms with Crippen LogP contribution in [-0.4, -0.2) is 22.9 Å². The summed E-state index contributed by atoms with van der Waals surface area (Å²) in [5, 5.41) is 3.48. The molecule has 0 fully saturated rings. The van der Waals surface area contributed by atoms with E-state index in [1.165, 1.54) is 0 Å². The molecule has 0 atom stereocenters. The molecule has 0 N–H and O–H groups in total. The Bertz CT molecular complexity index is 1190. The summed E-state index contributed by atoms with van der Waals surface area (Å²) in [4.78, 5) is 7.07. The minimum Gasteiger partial charge on any atom is -0.355 e. The van der Waals surface area contributed by atoms with Crippen molar-refractivity contribution in [1.82, 2.24) is 10.1 Å². The first-order valence-electron chi connectivity index (χ1n) is 9.08. The molecular weight excluding hydrogens is 483 g/mol. The Labute approximate surface area is 185 Å². The molecule has 0 saturated heterocycles. The van der Waals surface area contributed by atoms with Gasteiger partial charge in [0.25, 0.3) is 5.89 Å². The van der Waals surface area contributed by atoms with E-state index in [2.05, 4.69) is 15.0 Å². The number of alkyl halides is 9. The highest BCUT2D eigenvalue weighted by Gasteiger charge is 2.36. The van der Waals surface area contributed by atoms with E-state index in [1.807, 2.05) is 0 Å². The van der Waals surface area contributed by atoms with E-state index in [0.29, 0.717) is 11.0 Å². The van der Waals surface area contributed by atoms with Crippen LogP contribution in [0.3, 0.4) is 0 Å². The van der Waals surface area contributed by atoms with Gasteiger partial charge in [-0.25, -0.2) is 4.85 Å². The van der Waals surface area contributed by atoms with Gasteiger partial charge in [-0.1, -0.05) is 11.2 Å². The number of hydrogen-bond acceptors (Lipinski definition) is 4. The molecule has 5 nitrogen and oxygen atoms in total. The number of hydrogen-bond donors (Lipinski definition) is 0. The normalized spacial score (nSPS) is 12.5. The second-order valence-electron chi connectivity index (χ2n) is 6.87. The molecule has 34 heavy (non-hydrogen) atoms. The van der Waals surface area contributed by atoms with Gasteiger partial charge in [0.05, 0.1) is 24.2 Å². The second kappa shape index (κ2) is 8.88. The van der Waals surface area contributed by atoms with Crippen molar-refractivity contribution in [2.24, 2.45) is 0 Å². The predicted molar refractivity (Wildman–Crippen MR) is 99.5 cm³/mol. The third-order valence-corrected chi connectivity index (χ3v) is 4.40. The number of nitrogens with zero attached hydrogens (tertiary/aromatic N) is 4. The number of halogens is 9. The summed E-state index contributed by atoms with van der Waals surface area (Å²) < 4.78 is 122. The molecule has 0 bridgehead atoms. The number of aromatic nitrogens is 2. The number of rotatable bonds is 5. The van der Waals surface area contributed by atoms with Gasteiger partial charge in [-0.3, -0.25) is 0 Å². The highest BCUT2D eigenvalue weighted by atomic mass is 19.4. The highest BCUT2D eigenvalue weighted by Crippen LogP contribution is 2.39. The Kier molecular flexibility index (Phi) is 6.50. The maximum Gasteiger partial charge on any atom is 0.416 e. The zero-order chi connectivity index (χ0) is 25.3. The van der Waals surface area contributed by atoms with Gasteiger partial charge in [0.1, 0.15) is 6.54 Å². The summed E-state index contributed by atoms with van der Waals surface area (Å²) in [6.07, 6.45) is -14.4. The monoisotopic (exact) mass is 494 g/mol. The molecule has 3 aromatic rings. The maximum atomic E-state index is 13.2. The molecule has 0 amide bonds. The molecule has 2 aromatic carbocycles. The van der Waals surface area contributed by atoms with E-state index < -0.39 is 54.1 Å². The van der Waals surface area contributed by atoms with E-state index in [-0.39, 0.29) is 17.3 Å². The molecule has 180 valence electrons. The van der Waals surface area contributed by atoms with Gasteiger partial charge < -0.3 is 9.42 Å². The van der Waals surface area contributed by atoms with E-state index >= 15 is 0 Å². The molecule has 1 heterocycles. The van der Waals surface area contributed by atoms with Crippen molar-refractivity contribution in [2.45, 2.75) is 25.1 Å². The van der Waals surface area contributed by atoms with Crippen LogP contribution in [0.15, 0.2) is 47.0 Å². The fourth-order valence-electron chi connectivity index (χ4n) is 2.91. The maximum absolute atomic E-state index is 13.2. The molecule has 14 heteroatoms. The first kappa shape index (κ1) is 24.9. The van der Waals surface area contributed by atoms with Crippen molar-refractivity contribution >= 4 is 11.4 Å². The first-order valence-corrected chi connectivity index (χ1v) is 9.08. The molecule has 0 saturated carbocycles. The highest BCUT2D eigenvalue weighted by molar-refractivity contribution is 5.62. The topological polar surface area (TPSA) is 46.5 Å². The first-order chi connectivity index (χ1) is 15.7. The van der Waals surface area contributed by atoms with Crippen molar-refractivity contribution in [3.05, 3.63) is 70.8 Å². The van der Waals surface area contributed by atoms with Crippen LogP contribution in [-0.2, 0) is 18.9 Å². The van der Waals surface area contributed by atoms with Gasteiger partial charge in [0.2, 0.25) is 0 Å². The Balaban J connectivity index is 1.92. The molecule has 0 spiro atoms. The van der Waals surface area contributed by atoms with Crippen LogP contribution in [0.5, 0.6) is 0 Å². The summed E-state index contributed by atoms with van der Waals surface area (Å²) in [6.45, 7) is 4.42. The van der Waals surface area contributed by atoms with E-state index in [9.17, 15) is 39.5 Å². The van der Waals surface area contributed by atoms with Crippen LogP contribution < -0.4 is 4.90 Å². The molecular formula is C20H11F9N4O. The van der Waals surface area contributed by atoms with Gasteiger partial charge >= 0.3 is 18.5 Å². The number of benzene rings is 2. The van der Waals surface area contributed by atoms with Crippen molar-refractivity contribution in [2.75, 3.05) is 11.4 Å². The van der Waals surface area contributed by atoms with Crippen LogP contribution in [0.2, 0.25) is 0 Å². The molecule has 0 aliphatic carbocycles. The number of anilines is 1. The SMILES string of the molecule is [C-]#[N+]c1ccc(N(Cc2noc(-c3ccc(C(F)(F)F)cc3)n2)CC(F)(F)F)cc1C(F)(F)F. The van der Waals surface area contributed by atoms with E-state index in [0.717, 1.165) is 36.4 Å². The largest absolute Gasteiger partial charge is 0.416 e. The molecule has 0 aliphatic heterocycles. The predicted octanol–water partition coefficient (Wildman–Crippen LogP) is 6.89. The van der Waals surface area contributed by atoms with Crippen LogP contribution in [0.1, 0.15) is 17.0 Å². The van der Waals surface area contributed by atoms with Crippen molar-refractivity contribution < 1.29 is 44.0 Å². The molecule has 0 radical (unpaired) electrons. The average molecular weight is 494 g/mol. The summed E-state index contributed by atoms with van der Waals surface area (Å²) in [7, 11) is 0.